The molecule has 27 heavy (non-hydrogen) atoms. The molecule has 1 amide bonds. The molecule has 6 heteroatoms. The van der Waals surface area contributed by atoms with Gasteiger partial charge in [0.15, 0.2) is 5.78 Å². The molecule has 1 fully saturated rings. The minimum atomic E-state index is -0.117. The number of benzene rings is 2. The largest absolute Gasteiger partial charge is 0.493 e. The second-order valence-corrected chi connectivity index (χ2v) is 7.30. The van der Waals surface area contributed by atoms with Crippen molar-refractivity contribution in [3.8, 4) is 5.75 Å². The number of likely N-dealkylation sites (tertiary alicyclic amines) is 1. The van der Waals surface area contributed by atoms with Crippen molar-refractivity contribution in [2.45, 2.75) is 19.8 Å². The van der Waals surface area contributed by atoms with E-state index in [1.165, 1.54) is 0 Å². The van der Waals surface area contributed by atoms with Crippen molar-refractivity contribution in [2.75, 3.05) is 19.7 Å². The first-order valence-electron chi connectivity index (χ1n) is 9.01. The first kappa shape index (κ1) is 19.7. The molecule has 2 aromatic rings. The average Bonchev–Trinajstić information content (AvgIpc) is 2.70. The summed E-state index contributed by atoms with van der Waals surface area (Å²) in [7, 11) is 0. The van der Waals surface area contributed by atoms with Crippen LogP contribution < -0.4 is 4.74 Å². The number of carbonyl (C=O) groups is 2. The zero-order valence-corrected chi connectivity index (χ0v) is 16.6. The monoisotopic (exact) mass is 405 g/mol. The summed E-state index contributed by atoms with van der Waals surface area (Å²) in [5.41, 5.74) is 1.13. The summed E-state index contributed by atoms with van der Waals surface area (Å²) in [6.45, 7) is 3.47. The van der Waals surface area contributed by atoms with Gasteiger partial charge in [0.1, 0.15) is 5.75 Å². The van der Waals surface area contributed by atoms with Crippen LogP contribution in [0.3, 0.4) is 0 Å². The number of carbonyl (C=O) groups excluding carboxylic acids is 2. The highest BCUT2D eigenvalue weighted by Gasteiger charge is 2.29. The Morgan fingerprint density at radius 3 is 2.44 bits per heavy atom. The number of hydrogen-bond acceptors (Lipinski definition) is 3. The van der Waals surface area contributed by atoms with Crippen LogP contribution in [0.5, 0.6) is 5.75 Å². The minimum absolute atomic E-state index is 0.0513. The van der Waals surface area contributed by atoms with Crippen LogP contribution in [-0.2, 0) is 0 Å². The lowest BCUT2D eigenvalue weighted by Crippen LogP contribution is -2.40. The topological polar surface area (TPSA) is 46.6 Å². The van der Waals surface area contributed by atoms with Gasteiger partial charge in [0, 0.05) is 24.6 Å². The van der Waals surface area contributed by atoms with Gasteiger partial charge in [-0.05, 0) is 50.1 Å². The summed E-state index contributed by atoms with van der Waals surface area (Å²) >= 11 is 11.9. The van der Waals surface area contributed by atoms with E-state index in [2.05, 4.69) is 0 Å². The van der Waals surface area contributed by atoms with Gasteiger partial charge in [-0.1, -0.05) is 35.3 Å². The number of piperidine rings is 1. The fourth-order valence-corrected chi connectivity index (χ4v) is 3.62. The van der Waals surface area contributed by atoms with Crippen molar-refractivity contribution in [1.29, 1.82) is 0 Å². The number of halogens is 2. The van der Waals surface area contributed by atoms with Gasteiger partial charge >= 0.3 is 0 Å². The predicted molar refractivity (Wildman–Crippen MR) is 107 cm³/mol. The van der Waals surface area contributed by atoms with Gasteiger partial charge < -0.3 is 9.64 Å². The third-order valence-electron chi connectivity index (χ3n) is 4.77. The number of para-hydroxylation sites is 1. The molecule has 142 valence electrons. The zero-order valence-electron chi connectivity index (χ0n) is 15.1. The molecule has 0 unspecified atom stereocenters. The highest BCUT2D eigenvalue weighted by atomic mass is 35.5. The Labute approximate surface area is 169 Å². The fraction of sp³-hybridized carbons (Fsp3) is 0.333. The first-order chi connectivity index (χ1) is 13.0. The van der Waals surface area contributed by atoms with Gasteiger partial charge in [0.25, 0.3) is 5.91 Å². The van der Waals surface area contributed by atoms with E-state index in [4.69, 9.17) is 27.9 Å². The molecule has 0 saturated carbocycles. The molecule has 1 heterocycles. The molecule has 1 aliphatic heterocycles. The Bertz CT molecular complexity index is 845. The van der Waals surface area contributed by atoms with E-state index >= 15 is 0 Å². The number of amides is 1. The van der Waals surface area contributed by atoms with Gasteiger partial charge in [0.05, 0.1) is 22.2 Å². The Balaban J connectivity index is 1.65. The first-order valence-corrected chi connectivity index (χ1v) is 9.77. The molecule has 0 radical (unpaired) electrons. The van der Waals surface area contributed by atoms with Crippen LogP contribution in [0.2, 0.25) is 10.0 Å². The maximum absolute atomic E-state index is 12.9. The van der Waals surface area contributed by atoms with Crippen molar-refractivity contribution < 1.29 is 14.3 Å². The fourth-order valence-electron chi connectivity index (χ4n) is 3.32. The van der Waals surface area contributed by atoms with E-state index in [0.29, 0.717) is 59.5 Å². The zero-order chi connectivity index (χ0) is 19.4. The molecule has 3 rings (SSSR count). The molecule has 0 aliphatic carbocycles. The molecule has 0 spiro atoms. The van der Waals surface area contributed by atoms with Crippen LogP contribution >= 0.6 is 23.2 Å². The molecule has 1 saturated heterocycles. The maximum Gasteiger partial charge on any atom is 0.257 e. The Morgan fingerprint density at radius 2 is 1.78 bits per heavy atom. The average molecular weight is 406 g/mol. The van der Waals surface area contributed by atoms with Crippen LogP contribution in [0.15, 0.2) is 42.5 Å². The second-order valence-electron chi connectivity index (χ2n) is 6.49. The van der Waals surface area contributed by atoms with E-state index < -0.39 is 0 Å². The molecule has 2 aromatic carbocycles. The normalized spacial score (nSPS) is 14.9. The van der Waals surface area contributed by atoms with Gasteiger partial charge in [-0.2, -0.15) is 0 Å². The Hall–Kier alpha value is -2.04. The lowest BCUT2D eigenvalue weighted by molar-refractivity contribution is 0.0647. The molecule has 0 atom stereocenters. The van der Waals surface area contributed by atoms with E-state index in [0.717, 1.165) is 0 Å². The number of nitrogens with zero attached hydrogens (tertiary/aromatic N) is 1. The number of ether oxygens (including phenoxy) is 1. The molecular formula is C21H21Cl2NO3. The maximum atomic E-state index is 12.9. The van der Waals surface area contributed by atoms with Gasteiger partial charge in [-0.15, -0.1) is 0 Å². The standard InChI is InChI=1S/C21H21Cl2NO3/c1-2-27-19-6-4-3-5-16(19)21(26)24-11-9-14(10-12-24)20(25)15-7-8-17(22)18(23)13-15/h3-8,13-14H,2,9-12H2,1H3. The van der Waals surface area contributed by atoms with E-state index in [1.807, 2.05) is 19.1 Å². The van der Waals surface area contributed by atoms with Crippen LogP contribution in [0, 0.1) is 5.92 Å². The van der Waals surface area contributed by atoms with Crippen LogP contribution in [-0.4, -0.2) is 36.3 Å². The second kappa shape index (κ2) is 8.77. The number of rotatable bonds is 5. The quantitative estimate of drug-likeness (QED) is 0.647. The smallest absolute Gasteiger partial charge is 0.257 e. The SMILES string of the molecule is CCOc1ccccc1C(=O)N1CCC(C(=O)c2ccc(Cl)c(Cl)c2)CC1. The summed E-state index contributed by atoms with van der Waals surface area (Å²) in [4.78, 5) is 27.4. The van der Waals surface area contributed by atoms with Crippen LogP contribution in [0.1, 0.15) is 40.5 Å². The lowest BCUT2D eigenvalue weighted by atomic mass is 9.88. The number of hydrogen-bond donors (Lipinski definition) is 0. The third-order valence-corrected chi connectivity index (χ3v) is 5.51. The summed E-state index contributed by atoms with van der Waals surface area (Å²) in [5, 5.41) is 0.809. The van der Waals surface area contributed by atoms with E-state index in [1.54, 1.807) is 35.2 Å². The van der Waals surface area contributed by atoms with Crippen molar-refractivity contribution >= 4 is 34.9 Å². The summed E-state index contributed by atoms with van der Waals surface area (Å²) in [5.74, 6) is 0.474. The van der Waals surface area contributed by atoms with Gasteiger partial charge in [-0.25, -0.2) is 0 Å². The minimum Gasteiger partial charge on any atom is -0.493 e. The Morgan fingerprint density at radius 1 is 1.07 bits per heavy atom. The number of ketones is 1. The lowest BCUT2D eigenvalue weighted by Gasteiger charge is -2.31. The van der Waals surface area contributed by atoms with E-state index in [-0.39, 0.29) is 17.6 Å². The highest BCUT2D eigenvalue weighted by Crippen LogP contribution is 2.28. The van der Waals surface area contributed by atoms with Crippen molar-refractivity contribution in [3.63, 3.8) is 0 Å². The molecule has 4 nitrogen and oxygen atoms in total. The third kappa shape index (κ3) is 4.45. The van der Waals surface area contributed by atoms with Gasteiger partial charge in [0.2, 0.25) is 0 Å². The summed E-state index contributed by atoms with van der Waals surface area (Å²) in [6, 6.07) is 12.2. The highest BCUT2D eigenvalue weighted by molar-refractivity contribution is 6.42. The predicted octanol–water partition coefficient (Wildman–Crippen LogP) is 5.13. The molecule has 0 aromatic heterocycles. The van der Waals surface area contributed by atoms with E-state index in [9.17, 15) is 9.59 Å². The summed E-state index contributed by atoms with van der Waals surface area (Å²) < 4.78 is 5.56. The van der Waals surface area contributed by atoms with Crippen LogP contribution in [0.25, 0.3) is 0 Å². The molecule has 0 bridgehead atoms. The Kier molecular flexibility index (Phi) is 6.40. The molecular weight excluding hydrogens is 385 g/mol. The van der Waals surface area contributed by atoms with Crippen molar-refractivity contribution in [1.82, 2.24) is 4.90 Å². The van der Waals surface area contributed by atoms with Crippen molar-refractivity contribution in [2.24, 2.45) is 5.92 Å². The van der Waals surface area contributed by atoms with Crippen molar-refractivity contribution in [3.05, 3.63) is 63.6 Å². The number of Topliss-reactive ketones (excluding diaryl/α,β-unsaturated/α-hetero) is 1. The summed E-state index contributed by atoms with van der Waals surface area (Å²) in [6.07, 6.45) is 1.25. The van der Waals surface area contributed by atoms with Gasteiger partial charge in [-0.3, -0.25) is 9.59 Å². The van der Waals surface area contributed by atoms with Crippen LogP contribution in [0.4, 0.5) is 0 Å². The molecule has 1 aliphatic rings. The molecule has 0 N–H and O–H groups in total.